The van der Waals surface area contributed by atoms with Gasteiger partial charge < -0.3 is 20.7 Å². The quantitative estimate of drug-likeness (QED) is 0.295. The van der Waals surface area contributed by atoms with Crippen LogP contribution < -0.4 is 16.0 Å². The van der Waals surface area contributed by atoms with Crippen molar-refractivity contribution in [2.75, 3.05) is 38.7 Å². The summed E-state index contributed by atoms with van der Waals surface area (Å²) in [7, 11) is 3.63. The summed E-state index contributed by atoms with van der Waals surface area (Å²) in [6.07, 6.45) is 3.26. The molecule has 0 spiro atoms. The minimum atomic E-state index is 0.0122. The van der Waals surface area contributed by atoms with Crippen LogP contribution in [0.25, 0.3) is 31.9 Å². The fraction of sp³-hybridized carbons (Fsp3) is 0.400. The molecule has 35 heavy (non-hydrogen) atoms. The van der Waals surface area contributed by atoms with Crippen molar-refractivity contribution in [3.05, 3.63) is 40.5 Å². The first kappa shape index (κ1) is 24.1. The molecule has 0 radical (unpaired) electrons. The summed E-state index contributed by atoms with van der Waals surface area (Å²) in [5.74, 6) is 0.0122. The second-order valence-corrected chi connectivity index (χ2v) is 10.8. The molecule has 0 unspecified atom stereocenters. The van der Waals surface area contributed by atoms with Gasteiger partial charge in [-0.25, -0.2) is 4.98 Å². The number of aromatic nitrogens is 3. The second kappa shape index (κ2) is 10.5. The Morgan fingerprint density at radius 1 is 1.29 bits per heavy atom. The number of nitrogens with one attached hydrogen (secondary N) is 3. The van der Waals surface area contributed by atoms with Gasteiger partial charge in [-0.15, -0.1) is 22.7 Å². The summed E-state index contributed by atoms with van der Waals surface area (Å²) in [6.45, 7) is 5.83. The maximum Gasteiger partial charge on any atom is 0.226 e. The smallest absolute Gasteiger partial charge is 0.226 e. The number of methoxy groups -OCH3 is 1. The van der Waals surface area contributed by atoms with E-state index in [4.69, 9.17) is 9.72 Å². The van der Waals surface area contributed by atoms with E-state index in [-0.39, 0.29) is 5.91 Å². The van der Waals surface area contributed by atoms with Crippen LogP contribution in [0.15, 0.2) is 24.4 Å². The highest BCUT2D eigenvalue weighted by Gasteiger charge is 2.25. The average molecular weight is 511 g/mol. The van der Waals surface area contributed by atoms with E-state index in [0.717, 1.165) is 68.7 Å². The van der Waals surface area contributed by atoms with Crippen LogP contribution in [-0.4, -0.2) is 54.0 Å². The highest BCUT2D eigenvalue weighted by molar-refractivity contribution is 7.23. The first-order valence-electron chi connectivity index (χ1n) is 11.8. The standard InChI is InChI=1S/C25H30N6O2S2/c1-15-18(13-28-31(15)2)16-4-5-20-19(12-16)29-24(34-20)23-17-6-8-27-14-21(17)35-25(23)30-22(32)7-9-26-10-11-33-3/h4-5,12-13,26-27H,6-11,14H2,1-3H3,(H,30,32). The van der Waals surface area contributed by atoms with Crippen LogP contribution in [0.4, 0.5) is 5.00 Å². The fourth-order valence-electron chi connectivity index (χ4n) is 4.32. The van der Waals surface area contributed by atoms with Crippen molar-refractivity contribution in [1.29, 1.82) is 0 Å². The average Bonchev–Trinajstić information content (AvgIpc) is 3.53. The number of anilines is 1. The van der Waals surface area contributed by atoms with Gasteiger partial charge >= 0.3 is 0 Å². The third-order valence-electron chi connectivity index (χ3n) is 6.34. The van der Waals surface area contributed by atoms with Gasteiger partial charge in [-0.1, -0.05) is 6.07 Å². The number of benzene rings is 1. The summed E-state index contributed by atoms with van der Waals surface area (Å²) < 4.78 is 8.07. The minimum Gasteiger partial charge on any atom is -0.383 e. The molecule has 0 aliphatic carbocycles. The third-order valence-corrected chi connectivity index (χ3v) is 8.54. The fourth-order valence-corrected chi connectivity index (χ4v) is 6.65. The van der Waals surface area contributed by atoms with E-state index in [1.807, 2.05) is 17.9 Å². The molecule has 184 valence electrons. The summed E-state index contributed by atoms with van der Waals surface area (Å²) in [4.78, 5) is 19.1. The Kier molecular flexibility index (Phi) is 7.26. The van der Waals surface area contributed by atoms with Crippen LogP contribution >= 0.6 is 22.7 Å². The van der Waals surface area contributed by atoms with E-state index >= 15 is 0 Å². The number of ether oxygens (including phenoxy) is 1. The van der Waals surface area contributed by atoms with Crippen LogP contribution in [0, 0.1) is 6.92 Å². The zero-order valence-electron chi connectivity index (χ0n) is 20.2. The molecule has 0 saturated carbocycles. The molecule has 1 aliphatic heterocycles. The monoisotopic (exact) mass is 510 g/mol. The van der Waals surface area contributed by atoms with Gasteiger partial charge in [-0.2, -0.15) is 5.10 Å². The van der Waals surface area contributed by atoms with Crippen LogP contribution in [0.2, 0.25) is 0 Å². The van der Waals surface area contributed by atoms with Gasteiger partial charge in [0.1, 0.15) is 10.0 Å². The summed E-state index contributed by atoms with van der Waals surface area (Å²) >= 11 is 3.35. The Morgan fingerprint density at radius 3 is 2.97 bits per heavy atom. The molecule has 0 bridgehead atoms. The molecule has 4 aromatic rings. The van der Waals surface area contributed by atoms with Crippen molar-refractivity contribution in [1.82, 2.24) is 25.4 Å². The van der Waals surface area contributed by atoms with Crippen LogP contribution in [0.1, 0.15) is 22.6 Å². The summed E-state index contributed by atoms with van der Waals surface area (Å²) in [6, 6.07) is 6.42. The van der Waals surface area contributed by atoms with E-state index in [9.17, 15) is 4.79 Å². The van der Waals surface area contributed by atoms with Crippen molar-refractivity contribution in [2.24, 2.45) is 7.05 Å². The predicted molar refractivity (Wildman–Crippen MR) is 143 cm³/mol. The van der Waals surface area contributed by atoms with E-state index in [2.05, 4.69) is 46.2 Å². The van der Waals surface area contributed by atoms with Crippen molar-refractivity contribution in [2.45, 2.75) is 26.3 Å². The number of hydrogen-bond donors (Lipinski definition) is 3. The summed E-state index contributed by atoms with van der Waals surface area (Å²) in [5, 5.41) is 16.1. The lowest BCUT2D eigenvalue weighted by Crippen LogP contribution is -2.24. The molecule has 3 aromatic heterocycles. The molecule has 1 aliphatic rings. The third kappa shape index (κ3) is 5.03. The molecule has 1 aromatic carbocycles. The van der Waals surface area contributed by atoms with Gasteiger partial charge in [0.25, 0.3) is 0 Å². The molecule has 8 nitrogen and oxygen atoms in total. The molecule has 0 fully saturated rings. The predicted octanol–water partition coefficient (Wildman–Crippen LogP) is 3.94. The number of nitrogens with zero attached hydrogens (tertiary/aromatic N) is 3. The number of carbonyl (C=O) groups is 1. The van der Waals surface area contributed by atoms with Crippen LogP contribution in [-0.2, 0) is 29.5 Å². The molecule has 10 heteroatoms. The maximum atomic E-state index is 12.7. The van der Waals surface area contributed by atoms with Crippen LogP contribution in [0.5, 0.6) is 0 Å². The highest BCUT2D eigenvalue weighted by atomic mass is 32.1. The highest BCUT2D eigenvalue weighted by Crippen LogP contribution is 2.45. The van der Waals surface area contributed by atoms with E-state index in [1.165, 1.54) is 10.4 Å². The molecule has 4 heterocycles. The zero-order chi connectivity index (χ0) is 24.4. The lowest BCUT2D eigenvalue weighted by Gasteiger charge is -2.13. The van der Waals surface area contributed by atoms with Gasteiger partial charge in [0.2, 0.25) is 5.91 Å². The number of fused-ring (bicyclic) bond motifs is 2. The molecule has 3 N–H and O–H groups in total. The lowest BCUT2D eigenvalue weighted by molar-refractivity contribution is -0.116. The van der Waals surface area contributed by atoms with Gasteiger partial charge in [0.15, 0.2) is 0 Å². The van der Waals surface area contributed by atoms with Crippen molar-refractivity contribution < 1.29 is 9.53 Å². The van der Waals surface area contributed by atoms with Gasteiger partial charge in [0.05, 0.1) is 23.0 Å². The Hall–Kier alpha value is -2.63. The van der Waals surface area contributed by atoms with E-state index in [0.29, 0.717) is 19.6 Å². The Morgan fingerprint density at radius 2 is 2.17 bits per heavy atom. The number of carbonyl (C=O) groups excluding carboxylic acids is 1. The van der Waals surface area contributed by atoms with Crippen molar-refractivity contribution in [3.8, 4) is 21.7 Å². The molecular weight excluding hydrogens is 480 g/mol. The normalized spacial score (nSPS) is 13.3. The Balaban J connectivity index is 1.44. The van der Waals surface area contributed by atoms with Crippen LogP contribution in [0.3, 0.4) is 0 Å². The van der Waals surface area contributed by atoms with Crippen molar-refractivity contribution >= 4 is 43.8 Å². The Labute approximate surface area is 212 Å². The first-order valence-corrected chi connectivity index (χ1v) is 13.4. The van der Waals surface area contributed by atoms with E-state index < -0.39 is 0 Å². The number of aryl methyl sites for hydroxylation is 1. The molecule has 0 atom stereocenters. The van der Waals surface area contributed by atoms with Gasteiger partial charge in [-0.3, -0.25) is 9.48 Å². The molecular formula is C25H30N6O2S2. The number of rotatable bonds is 9. The molecule has 0 saturated heterocycles. The summed E-state index contributed by atoms with van der Waals surface area (Å²) in [5.41, 5.74) is 6.73. The zero-order valence-corrected chi connectivity index (χ0v) is 21.9. The number of hydrogen-bond acceptors (Lipinski definition) is 8. The largest absolute Gasteiger partial charge is 0.383 e. The lowest BCUT2D eigenvalue weighted by atomic mass is 10.0. The van der Waals surface area contributed by atoms with E-state index in [1.54, 1.807) is 29.8 Å². The molecule has 1 amide bonds. The number of thiophene rings is 1. The second-order valence-electron chi connectivity index (χ2n) is 8.64. The SMILES string of the molecule is COCCNCCC(=O)Nc1sc2c(c1-c1nc3cc(-c4cnn(C)c4C)ccc3s1)CCNC2. The molecule has 5 rings (SSSR count). The van der Waals surface area contributed by atoms with Gasteiger partial charge in [-0.05, 0) is 43.1 Å². The number of thiazole rings is 1. The topological polar surface area (TPSA) is 93.1 Å². The minimum absolute atomic E-state index is 0.0122. The first-order chi connectivity index (χ1) is 17.0. The van der Waals surface area contributed by atoms with Gasteiger partial charge in [0, 0.05) is 61.9 Å². The maximum absolute atomic E-state index is 12.7. The Bertz CT molecular complexity index is 1360. The van der Waals surface area contributed by atoms with Crippen molar-refractivity contribution in [3.63, 3.8) is 0 Å². The number of amides is 1.